The molecule has 0 atom stereocenters. The van der Waals surface area contributed by atoms with Gasteiger partial charge in [-0.1, -0.05) is 30.3 Å². The first-order chi connectivity index (χ1) is 11.7. The van der Waals surface area contributed by atoms with E-state index in [9.17, 15) is 5.11 Å². The molecule has 6 heteroatoms. The lowest BCUT2D eigenvalue weighted by molar-refractivity contribution is -0.186. The van der Waals surface area contributed by atoms with E-state index in [0.29, 0.717) is 31.4 Å². The lowest BCUT2D eigenvalue weighted by atomic mass is 9.97. The summed E-state index contributed by atoms with van der Waals surface area (Å²) >= 11 is 0. The van der Waals surface area contributed by atoms with Crippen LogP contribution in [-0.2, 0) is 21.7 Å². The van der Waals surface area contributed by atoms with Gasteiger partial charge in [-0.25, -0.2) is 4.98 Å². The molecule has 1 aromatic heterocycles. The van der Waals surface area contributed by atoms with Crippen LogP contribution in [0.15, 0.2) is 42.5 Å². The fourth-order valence-electron chi connectivity index (χ4n) is 2.75. The van der Waals surface area contributed by atoms with Gasteiger partial charge in [-0.3, -0.25) is 0 Å². The van der Waals surface area contributed by atoms with E-state index in [0.717, 1.165) is 17.9 Å². The maximum absolute atomic E-state index is 10.6. The first-order valence-corrected chi connectivity index (χ1v) is 8.05. The summed E-state index contributed by atoms with van der Waals surface area (Å²) in [5.41, 5.74) is 0.648. The molecule has 0 unspecified atom stereocenters. The number of hydrogen-bond donors (Lipinski definition) is 1. The van der Waals surface area contributed by atoms with E-state index in [1.54, 1.807) is 6.07 Å². The van der Waals surface area contributed by atoms with Crippen molar-refractivity contribution in [3.8, 4) is 5.75 Å². The minimum absolute atomic E-state index is 0.262. The average molecular weight is 328 g/mol. The number of aromatic nitrogens is 1. The minimum atomic E-state index is -1.03. The van der Waals surface area contributed by atoms with Crippen LogP contribution in [0.4, 0.5) is 5.82 Å². The number of anilines is 1. The molecule has 2 saturated heterocycles. The quantitative estimate of drug-likeness (QED) is 0.901. The average Bonchev–Trinajstić information content (AvgIpc) is 3.13. The van der Waals surface area contributed by atoms with Crippen LogP contribution >= 0.6 is 0 Å². The van der Waals surface area contributed by atoms with Gasteiger partial charge in [0.15, 0.2) is 5.60 Å². The van der Waals surface area contributed by atoms with Crippen molar-refractivity contribution in [3.63, 3.8) is 0 Å². The first-order valence-electron chi connectivity index (χ1n) is 8.05. The summed E-state index contributed by atoms with van der Waals surface area (Å²) in [7, 11) is 0. The van der Waals surface area contributed by atoms with Crippen molar-refractivity contribution >= 4 is 5.82 Å². The second-order valence-electron chi connectivity index (χ2n) is 6.15. The smallest absolute Gasteiger partial charge is 0.153 e. The number of aliphatic hydroxyl groups is 1. The molecule has 0 radical (unpaired) electrons. The fraction of sp³-hybridized carbons (Fsp3) is 0.389. The predicted octanol–water partition coefficient (Wildman–Crippen LogP) is 1.67. The molecule has 126 valence electrons. The molecule has 3 heterocycles. The number of benzene rings is 1. The third kappa shape index (κ3) is 3.08. The Hall–Kier alpha value is -2.15. The highest BCUT2D eigenvalue weighted by Gasteiger charge is 2.40. The zero-order valence-electron chi connectivity index (χ0n) is 13.4. The Bertz CT molecular complexity index is 697. The van der Waals surface area contributed by atoms with Crippen LogP contribution in [0.25, 0.3) is 0 Å². The van der Waals surface area contributed by atoms with Crippen molar-refractivity contribution in [3.05, 3.63) is 53.7 Å². The summed E-state index contributed by atoms with van der Waals surface area (Å²) in [5, 5.41) is 10.6. The van der Waals surface area contributed by atoms with Crippen LogP contribution in [-0.4, -0.2) is 43.2 Å². The van der Waals surface area contributed by atoms with Crippen LogP contribution in [0.2, 0.25) is 0 Å². The molecule has 0 bridgehead atoms. The first kappa shape index (κ1) is 15.4. The van der Waals surface area contributed by atoms with Gasteiger partial charge in [0.2, 0.25) is 0 Å². The van der Waals surface area contributed by atoms with Gasteiger partial charge in [-0.05, 0) is 5.56 Å². The number of rotatable bonds is 5. The summed E-state index contributed by atoms with van der Waals surface area (Å²) in [5.74, 6) is 1.44. The van der Waals surface area contributed by atoms with Gasteiger partial charge in [-0.2, -0.15) is 0 Å². The lowest BCUT2D eigenvalue weighted by Gasteiger charge is -2.36. The van der Waals surface area contributed by atoms with Crippen molar-refractivity contribution in [2.24, 2.45) is 0 Å². The van der Waals surface area contributed by atoms with Crippen molar-refractivity contribution in [1.82, 2.24) is 4.98 Å². The standard InChI is InChI=1S/C18H20N2O4/c21-18(11-23-12-18)16-8-15(24-10-14-4-2-1-3-5-14)9-17(19-16)20-6-7-22-13-20/h1-5,8-9,21H,6-7,10-13H2. The number of ether oxygens (including phenoxy) is 3. The Kier molecular flexibility index (Phi) is 4.10. The molecule has 0 aliphatic carbocycles. The summed E-state index contributed by atoms with van der Waals surface area (Å²) < 4.78 is 16.5. The molecular formula is C18H20N2O4. The van der Waals surface area contributed by atoms with Crippen LogP contribution in [0.1, 0.15) is 11.3 Å². The molecule has 0 spiro atoms. The van der Waals surface area contributed by atoms with E-state index in [-0.39, 0.29) is 13.2 Å². The van der Waals surface area contributed by atoms with E-state index in [4.69, 9.17) is 14.2 Å². The van der Waals surface area contributed by atoms with Gasteiger partial charge in [0.05, 0.1) is 25.5 Å². The van der Waals surface area contributed by atoms with Gasteiger partial charge < -0.3 is 24.2 Å². The van der Waals surface area contributed by atoms with Gasteiger partial charge in [0.25, 0.3) is 0 Å². The monoisotopic (exact) mass is 328 g/mol. The zero-order valence-corrected chi connectivity index (χ0v) is 13.4. The molecule has 24 heavy (non-hydrogen) atoms. The van der Waals surface area contributed by atoms with Gasteiger partial charge in [0.1, 0.15) is 24.9 Å². The second-order valence-corrected chi connectivity index (χ2v) is 6.15. The number of nitrogens with zero attached hydrogens (tertiary/aromatic N) is 2. The highest BCUT2D eigenvalue weighted by Crippen LogP contribution is 2.33. The third-order valence-electron chi connectivity index (χ3n) is 4.27. The summed E-state index contributed by atoms with van der Waals surface area (Å²) in [6.45, 7) is 2.96. The largest absolute Gasteiger partial charge is 0.489 e. The third-order valence-corrected chi connectivity index (χ3v) is 4.27. The molecule has 1 aromatic carbocycles. The molecular weight excluding hydrogens is 308 g/mol. The molecule has 1 N–H and O–H groups in total. The van der Waals surface area contributed by atoms with E-state index < -0.39 is 5.60 Å². The topological polar surface area (TPSA) is 64.1 Å². The maximum Gasteiger partial charge on any atom is 0.153 e. The predicted molar refractivity (Wildman–Crippen MR) is 87.9 cm³/mol. The van der Waals surface area contributed by atoms with Crippen LogP contribution in [0.3, 0.4) is 0 Å². The van der Waals surface area contributed by atoms with E-state index >= 15 is 0 Å². The summed E-state index contributed by atoms with van der Waals surface area (Å²) in [6.07, 6.45) is 0. The van der Waals surface area contributed by atoms with Gasteiger partial charge in [0, 0.05) is 18.7 Å². The lowest BCUT2D eigenvalue weighted by Crippen LogP contribution is -2.47. The van der Waals surface area contributed by atoms with Crippen LogP contribution in [0, 0.1) is 0 Å². The Balaban J connectivity index is 1.59. The number of hydrogen-bond acceptors (Lipinski definition) is 6. The molecule has 0 saturated carbocycles. The van der Waals surface area contributed by atoms with Gasteiger partial charge >= 0.3 is 0 Å². The second kappa shape index (κ2) is 6.39. The van der Waals surface area contributed by atoms with Crippen molar-refractivity contribution < 1.29 is 19.3 Å². The Morgan fingerprint density at radius 3 is 2.67 bits per heavy atom. The Labute approximate surface area is 140 Å². The molecule has 2 aliphatic heterocycles. The van der Waals surface area contributed by atoms with E-state index in [1.165, 1.54) is 0 Å². The van der Waals surface area contributed by atoms with Crippen LogP contribution in [0.5, 0.6) is 5.75 Å². The summed E-state index contributed by atoms with van der Waals surface area (Å²) in [6, 6.07) is 13.7. The molecule has 2 aliphatic rings. The van der Waals surface area contributed by atoms with Crippen molar-refractivity contribution in [2.75, 3.05) is 38.0 Å². The van der Waals surface area contributed by atoms with Crippen LogP contribution < -0.4 is 9.64 Å². The molecule has 2 aromatic rings. The molecule has 6 nitrogen and oxygen atoms in total. The Morgan fingerprint density at radius 1 is 1.17 bits per heavy atom. The Morgan fingerprint density at radius 2 is 2.00 bits per heavy atom. The summed E-state index contributed by atoms with van der Waals surface area (Å²) in [4.78, 5) is 6.63. The minimum Gasteiger partial charge on any atom is -0.489 e. The highest BCUT2D eigenvalue weighted by atomic mass is 16.5. The normalized spacial score (nSPS) is 19.1. The van der Waals surface area contributed by atoms with E-state index in [1.807, 2.05) is 41.3 Å². The van der Waals surface area contributed by atoms with Crippen molar-refractivity contribution in [2.45, 2.75) is 12.2 Å². The van der Waals surface area contributed by atoms with Gasteiger partial charge in [-0.15, -0.1) is 0 Å². The van der Waals surface area contributed by atoms with Crippen molar-refractivity contribution in [1.29, 1.82) is 0 Å². The maximum atomic E-state index is 10.6. The SMILES string of the molecule is OC1(c2cc(OCc3ccccc3)cc(N3CCOC3)n2)COC1. The number of pyridine rings is 1. The highest BCUT2D eigenvalue weighted by molar-refractivity contribution is 5.47. The van der Waals surface area contributed by atoms with E-state index in [2.05, 4.69) is 4.98 Å². The molecule has 4 rings (SSSR count). The fourth-order valence-corrected chi connectivity index (χ4v) is 2.75. The molecule has 0 amide bonds. The zero-order chi connectivity index (χ0) is 16.4. The molecule has 2 fully saturated rings.